The van der Waals surface area contributed by atoms with Gasteiger partial charge in [0.05, 0.1) is 10.6 Å². The molecule has 0 aromatic heterocycles. The van der Waals surface area contributed by atoms with Crippen molar-refractivity contribution in [2.24, 2.45) is 0 Å². The van der Waals surface area contributed by atoms with Crippen molar-refractivity contribution in [1.29, 1.82) is 0 Å². The number of benzene rings is 3. The van der Waals surface area contributed by atoms with Crippen molar-refractivity contribution in [2.75, 3.05) is 17.9 Å². The highest BCUT2D eigenvalue weighted by molar-refractivity contribution is 7.92. The fraction of sp³-hybridized carbons (Fsp3) is 0.286. The van der Waals surface area contributed by atoms with Crippen LogP contribution in [-0.4, -0.2) is 44.8 Å². The second-order valence-corrected chi connectivity index (χ2v) is 11.6. The monoisotopic (exact) mass is 575 g/mol. The summed E-state index contributed by atoms with van der Waals surface area (Å²) in [5.74, 6) is -0.918. The molecule has 0 saturated carbocycles. The van der Waals surface area contributed by atoms with Crippen molar-refractivity contribution in [2.45, 2.75) is 44.7 Å². The van der Waals surface area contributed by atoms with E-state index in [1.54, 1.807) is 55.5 Å². The number of likely N-dealkylation sites (N-methyl/N-ethyl adjacent to an activating group) is 1. The van der Waals surface area contributed by atoms with Gasteiger partial charge in [-0.3, -0.25) is 13.9 Å². The molecule has 1 unspecified atom stereocenters. The molecule has 0 fully saturated rings. The summed E-state index contributed by atoms with van der Waals surface area (Å²) in [7, 11) is -2.63. The van der Waals surface area contributed by atoms with E-state index in [1.807, 2.05) is 19.9 Å². The number of amides is 2. The summed E-state index contributed by atoms with van der Waals surface area (Å²) in [6.07, 6.45) is 0.311. The van der Waals surface area contributed by atoms with E-state index in [4.69, 9.17) is 23.2 Å². The third kappa shape index (κ3) is 6.67. The average Bonchev–Trinajstić information content (AvgIpc) is 2.90. The normalized spacial score (nSPS) is 12.1. The molecule has 3 rings (SSSR count). The van der Waals surface area contributed by atoms with Gasteiger partial charge in [-0.05, 0) is 73.4 Å². The number of halogens is 2. The molecular formula is C28H31Cl2N3O4S. The number of nitrogens with one attached hydrogen (secondary N) is 1. The fourth-order valence-corrected chi connectivity index (χ4v) is 5.94. The van der Waals surface area contributed by atoms with Gasteiger partial charge in [0.15, 0.2) is 0 Å². The highest BCUT2D eigenvalue weighted by Crippen LogP contribution is 2.28. The first-order valence-electron chi connectivity index (χ1n) is 12.1. The molecule has 0 radical (unpaired) electrons. The third-order valence-electron chi connectivity index (χ3n) is 6.38. The van der Waals surface area contributed by atoms with Gasteiger partial charge in [0.1, 0.15) is 12.6 Å². The lowest BCUT2D eigenvalue weighted by Crippen LogP contribution is -2.51. The van der Waals surface area contributed by atoms with Crippen LogP contribution in [0.1, 0.15) is 30.0 Å². The zero-order valence-corrected chi connectivity index (χ0v) is 24.1. The Morgan fingerprint density at radius 1 is 0.947 bits per heavy atom. The average molecular weight is 577 g/mol. The molecule has 2 amide bonds. The molecule has 38 heavy (non-hydrogen) atoms. The van der Waals surface area contributed by atoms with Crippen molar-refractivity contribution in [3.8, 4) is 0 Å². The van der Waals surface area contributed by atoms with Gasteiger partial charge in [-0.25, -0.2) is 8.42 Å². The molecule has 7 nitrogen and oxygen atoms in total. The second-order valence-electron chi connectivity index (χ2n) is 8.89. The highest BCUT2D eigenvalue weighted by atomic mass is 35.5. The molecule has 0 aliphatic heterocycles. The van der Waals surface area contributed by atoms with Crippen LogP contribution in [0.4, 0.5) is 5.69 Å². The lowest BCUT2D eigenvalue weighted by Gasteiger charge is -2.33. The molecule has 1 N–H and O–H groups in total. The van der Waals surface area contributed by atoms with Crippen molar-refractivity contribution >= 4 is 50.7 Å². The first-order valence-corrected chi connectivity index (χ1v) is 14.3. The molecule has 0 aliphatic rings. The van der Waals surface area contributed by atoms with Crippen LogP contribution in [0.5, 0.6) is 0 Å². The Labute approximate surface area is 234 Å². The molecule has 10 heteroatoms. The molecule has 202 valence electrons. The quantitative estimate of drug-likeness (QED) is 0.352. The standard InChI is InChI=1S/C28H31Cl2N3O4S/c1-5-26(28(35)31-4)32(17-21-12-13-22(29)16-25(21)30)27(34)18-33(23-14-11-19(2)20(3)15-23)38(36,37)24-9-7-6-8-10-24/h6-16,26H,5,17-18H2,1-4H3,(H,31,35). The van der Waals surface area contributed by atoms with Crippen LogP contribution in [0.3, 0.4) is 0 Å². The maximum Gasteiger partial charge on any atom is 0.264 e. The van der Waals surface area contributed by atoms with Crippen molar-refractivity contribution in [1.82, 2.24) is 10.2 Å². The lowest BCUT2D eigenvalue weighted by molar-refractivity contribution is -0.140. The smallest absolute Gasteiger partial charge is 0.264 e. The third-order valence-corrected chi connectivity index (χ3v) is 8.75. The van der Waals surface area contributed by atoms with Gasteiger partial charge in [0.25, 0.3) is 10.0 Å². The summed E-state index contributed by atoms with van der Waals surface area (Å²) < 4.78 is 28.7. The summed E-state index contributed by atoms with van der Waals surface area (Å²) in [5.41, 5.74) is 2.80. The number of aryl methyl sites for hydroxylation is 2. The molecule has 0 heterocycles. The van der Waals surface area contributed by atoms with Gasteiger partial charge in [0.2, 0.25) is 11.8 Å². The predicted octanol–water partition coefficient (Wildman–Crippen LogP) is 5.36. The van der Waals surface area contributed by atoms with Crippen LogP contribution in [0, 0.1) is 13.8 Å². The van der Waals surface area contributed by atoms with Gasteiger partial charge in [-0.15, -0.1) is 0 Å². The summed E-state index contributed by atoms with van der Waals surface area (Å²) in [6.45, 7) is 5.06. The van der Waals surface area contributed by atoms with Gasteiger partial charge < -0.3 is 10.2 Å². The molecule has 0 saturated heterocycles. The van der Waals surface area contributed by atoms with Gasteiger partial charge >= 0.3 is 0 Å². The zero-order chi connectivity index (χ0) is 28.0. The Kier molecular flexibility index (Phi) is 9.82. The number of anilines is 1. The second kappa shape index (κ2) is 12.7. The van der Waals surface area contributed by atoms with Crippen LogP contribution in [-0.2, 0) is 26.2 Å². The number of rotatable bonds is 10. The van der Waals surface area contributed by atoms with E-state index in [0.717, 1.165) is 15.4 Å². The largest absolute Gasteiger partial charge is 0.357 e. The Balaban J connectivity index is 2.09. The summed E-state index contributed by atoms with van der Waals surface area (Å²) in [6, 6.07) is 17.2. The summed E-state index contributed by atoms with van der Waals surface area (Å²) in [4.78, 5) is 28.1. The summed E-state index contributed by atoms with van der Waals surface area (Å²) >= 11 is 12.4. The first kappa shape index (κ1) is 29.5. The SMILES string of the molecule is CCC(C(=O)NC)N(Cc1ccc(Cl)cc1Cl)C(=O)CN(c1ccc(C)c(C)c1)S(=O)(=O)c1ccccc1. The number of hydrogen-bond donors (Lipinski definition) is 1. The number of sulfonamides is 1. The molecule has 0 bridgehead atoms. The van der Waals surface area contributed by atoms with Gasteiger partial charge in [-0.2, -0.15) is 0 Å². The van der Waals surface area contributed by atoms with E-state index in [-0.39, 0.29) is 17.3 Å². The Morgan fingerprint density at radius 3 is 2.21 bits per heavy atom. The molecule has 1 atom stereocenters. The molecule has 3 aromatic rings. The number of carbonyl (C=O) groups excluding carboxylic acids is 2. The minimum Gasteiger partial charge on any atom is -0.357 e. The Morgan fingerprint density at radius 2 is 1.63 bits per heavy atom. The van der Waals surface area contributed by atoms with Crippen LogP contribution in [0.25, 0.3) is 0 Å². The van der Waals surface area contributed by atoms with Crippen LogP contribution in [0.15, 0.2) is 71.6 Å². The van der Waals surface area contributed by atoms with Crippen LogP contribution in [0.2, 0.25) is 10.0 Å². The Bertz CT molecular complexity index is 1410. The van der Waals surface area contributed by atoms with E-state index in [2.05, 4.69) is 5.32 Å². The van der Waals surface area contributed by atoms with E-state index < -0.39 is 28.5 Å². The lowest BCUT2D eigenvalue weighted by atomic mass is 10.1. The van der Waals surface area contributed by atoms with Crippen LogP contribution >= 0.6 is 23.2 Å². The van der Waals surface area contributed by atoms with E-state index in [0.29, 0.717) is 27.7 Å². The highest BCUT2D eigenvalue weighted by Gasteiger charge is 2.33. The molecule has 0 spiro atoms. The molecule has 0 aliphatic carbocycles. The fourth-order valence-electron chi connectivity index (χ4n) is 4.05. The van der Waals surface area contributed by atoms with Crippen LogP contribution < -0.4 is 9.62 Å². The maximum absolute atomic E-state index is 13.9. The van der Waals surface area contributed by atoms with E-state index in [1.165, 1.54) is 24.1 Å². The first-order chi connectivity index (χ1) is 18.0. The molecule has 3 aromatic carbocycles. The number of nitrogens with zero attached hydrogens (tertiary/aromatic N) is 2. The minimum atomic E-state index is -4.12. The molecular weight excluding hydrogens is 545 g/mol. The van der Waals surface area contributed by atoms with E-state index >= 15 is 0 Å². The Hall–Kier alpha value is -3.07. The van der Waals surface area contributed by atoms with Crippen molar-refractivity contribution < 1.29 is 18.0 Å². The van der Waals surface area contributed by atoms with Crippen molar-refractivity contribution in [3.05, 3.63) is 93.5 Å². The van der Waals surface area contributed by atoms with Crippen molar-refractivity contribution in [3.63, 3.8) is 0 Å². The predicted molar refractivity (Wildman–Crippen MR) is 152 cm³/mol. The number of hydrogen-bond acceptors (Lipinski definition) is 4. The van der Waals surface area contributed by atoms with Gasteiger partial charge in [0, 0.05) is 23.6 Å². The van der Waals surface area contributed by atoms with E-state index in [9.17, 15) is 18.0 Å². The zero-order valence-electron chi connectivity index (χ0n) is 21.7. The van der Waals surface area contributed by atoms with Gasteiger partial charge in [-0.1, -0.05) is 60.5 Å². The maximum atomic E-state index is 13.9. The number of carbonyl (C=O) groups is 2. The minimum absolute atomic E-state index is 0.00703. The summed E-state index contributed by atoms with van der Waals surface area (Å²) in [5, 5.41) is 3.37. The topological polar surface area (TPSA) is 86.8 Å².